The van der Waals surface area contributed by atoms with Crippen molar-refractivity contribution in [3.8, 4) is 0 Å². The molecule has 0 bridgehead atoms. The van der Waals surface area contributed by atoms with E-state index in [-0.39, 0.29) is 12.6 Å². The van der Waals surface area contributed by atoms with Gasteiger partial charge in [-0.15, -0.1) is 0 Å². The van der Waals surface area contributed by atoms with Crippen molar-refractivity contribution in [2.75, 3.05) is 13.2 Å². The molecule has 0 amide bonds. The van der Waals surface area contributed by atoms with Crippen molar-refractivity contribution in [1.82, 2.24) is 10.3 Å². The van der Waals surface area contributed by atoms with Crippen molar-refractivity contribution in [3.63, 3.8) is 0 Å². The van der Waals surface area contributed by atoms with Crippen LogP contribution in [0.25, 0.3) is 0 Å². The Hall–Kier alpha value is -0.930. The average molecular weight is 194 g/mol. The lowest BCUT2D eigenvalue weighted by Gasteiger charge is -2.12. The van der Waals surface area contributed by atoms with E-state index in [1.54, 1.807) is 6.20 Å². The zero-order valence-electron chi connectivity index (χ0n) is 8.61. The Morgan fingerprint density at radius 1 is 1.43 bits per heavy atom. The van der Waals surface area contributed by atoms with Crippen LogP contribution in [-0.2, 0) is 0 Å². The summed E-state index contributed by atoms with van der Waals surface area (Å²) in [7, 11) is 0. The first-order chi connectivity index (χ1) is 6.84. The second-order valence-electron chi connectivity index (χ2n) is 3.36. The molecule has 1 aromatic heterocycles. The van der Waals surface area contributed by atoms with Crippen LogP contribution in [0.2, 0.25) is 0 Å². The molecule has 0 saturated carbocycles. The van der Waals surface area contributed by atoms with E-state index in [0.717, 1.165) is 25.1 Å². The molecule has 0 saturated heterocycles. The van der Waals surface area contributed by atoms with Crippen LogP contribution in [0, 0.1) is 0 Å². The number of nitrogens with zero attached hydrogens (tertiary/aromatic N) is 1. The fourth-order valence-electron chi connectivity index (χ4n) is 1.29. The van der Waals surface area contributed by atoms with Gasteiger partial charge in [-0.2, -0.15) is 0 Å². The van der Waals surface area contributed by atoms with Crippen molar-refractivity contribution < 1.29 is 5.11 Å². The molecule has 0 aromatic carbocycles. The van der Waals surface area contributed by atoms with Crippen molar-refractivity contribution in [2.24, 2.45) is 0 Å². The molecule has 0 aliphatic carbocycles. The second kappa shape index (κ2) is 6.51. The Kier molecular flexibility index (Phi) is 5.19. The van der Waals surface area contributed by atoms with E-state index in [2.05, 4.69) is 17.2 Å². The number of aromatic nitrogens is 1. The van der Waals surface area contributed by atoms with Gasteiger partial charge in [0.15, 0.2) is 0 Å². The normalized spacial score (nSPS) is 12.7. The first kappa shape index (κ1) is 11.1. The molecule has 2 N–H and O–H groups in total. The van der Waals surface area contributed by atoms with E-state index in [1.807, 2.05) is 18.2 Å². The Morgan fingerprint density at radius 2 is 2.29 bits per heavy atom. The molecular formula is C11H18N2O. The maximum absolute atomic E-state index is 8.61. The predicted molar refractivity (Wildman–Crippen MR) is 57.0 cm³/mol. The molecule has 0 aliphatic rings. The number of rotatable bonds is 6. The van der Waals surface area contributed by atoms with E-state index in [1.165, 1.54) is 0 Å². The molecule has 78 valence electrons. The molecule has 1 aromatic rings. The van der Waals surface area contributed by atoms with Crippen LogP contribution in [-0.4, -0.2) is 23.2 Å². The van der Waals surface area contributed by atoms with Crippen molar-refractivity contribution in [3.05, 3.63) is 30.1 Å². The van der Waals surface area contributed by atoms with Crippen LogP contribution < -0.4 is 5.32 Å². The molecule has 14 heavy (non-hydrogen) atoms. The van der Waals surface area contributed by atoms with E-state index in [9.17, 15) is 0 Å². The van der Waals surface area contributed by atoms with E-state index < -0.39 is 0 Å². The fourth-order valence-corrected chi connectivity index (χ4v) is 1.29. The van der Waals surface area contributed by atoms with Gasteiger partial charge >= 0.3 is 0 Å². The summed E-state index contributed by atoms with van der Waals surface area (Å²) in [6.45, 7) is 3.30. The topological polar surface area (TPSA) is 45.1 Å². The van der Waals surface area contributed by atoms with Crippen molar-refractivity contribution in [2.45, 2.75) is 25.8 Å². The molecule has 0 aliphatic heterocycles. The molecule has 0 spiro atoms. The van der Waals surface area contributed by atoms with Gasteiger partial charge in [0.1, 0.15) is 0 Å². The molecular weight excluding hydrogens is 176 g/mol. The molecule has 1 atom stereocenters. The zero-order valence-corrected chi connectivity index (χ0v) is 8.61. The summed E-state index contributed by atoms with van der Waals surface area (Å²) in [5.74, 6) is 0. The molecule has 1 unspecified atom stereocenters. The summed E-state index contributed by atoms with van der Waals surface area (Å²) in [5, 5.41) is 12.0. The Bertz CT molecular complexity index is 238. The number of aliphatic hydroxyl groups is 1. The van der Waals surface area contributed by atoms with Gasteiger partial charge in [0, 0.05) is 18.8 Å². The van der Waals surface area contributed by atoms with Gasteiger partial charge in [-0.05, 0) is 38.4 Å². The summed E-state index contributed by atoms with van der Waals surface area (Å²) < 4.78 is 0. The minimum absolute atomic E-state index is 0.277. The molecule has 1 heterocycles. The quantitative estimate of drug-likeness (QED) is 0.675. The molecule has 3 heteroatoms. The van der Waals surface area contributed by atoms with Crippen molar-refractivity contribution in [1.29, 1.82) is 0 Å². The Labute approximate surface area is 85.2 Å². The number of unbranched alkanes of at least 4 members (excludes halogenated alkanes) is 1. The molecule has 0 radical (unpaired) electrons. The van der Waals surface area contributed by atoms with E-state index in [0.29, 0.717) is 0 Å². The Balaban J connectivity index is 2.25. The number of nitrogens with one attached hydrogen (secondary N) is 1. The third-order valence-electron chi connectivity index (χ3n) is 2.17. The Morgan fingerprint density at radius 3 is 2.93 bits per heavy atom. The maximum Gasteiger partial charge on any atom is 0.0570 e. The lowest BCUT2D eigenvalue weighted by molar-refractivity contribution is 0.283. The van der Waals surface area contributed by atoms with Gasteiger partial charge in [-0.25, -0.2) is 0 Å². The summed E-state index contributed by atoms with van der Waals surface area (Å²) in [6, 6.07) is 6.22. The van der Waals surface area contributed by atoms with E-state index >= 15 is 0 Å². The van der Waals surface area contributed by atoms with Crippen LogP contribution >= 0.6 is 0 Å². The van der Waals surface area contributed by atoms with Gasteiger partial charge in [-0.3, -0.25) is 4.98 Å². The smallest absolute Gasteiger partial charge is 0.0570 e. The van der Waals surface area contributed by atoms with Crippen LogP contribution in [0.1, 0.15) is 31.5 Å². The molecule has 3 nitrogen and oxygen atoms in total. The third-order valence-corrected chi connectivity index (χ3v) is 2.17. The fraction of sp³-hybridized carbons (Fsp3) is 0.545. The summed E-state index contributed by atoms with van der Waals surface area (Å²) in [5.41, 5.74) is 1.07. The monoisotopic (exact) mass is 194 g/mol. The summed E-state index contributed by atoms with van der Waals surface area (Å²) in [4.78, 5) is 4.27. The number of pyridine rings is 1. The zero-order chi connectivity index (χ0) is 10.2. The lowest BCUT2D eigenvalue weighted by Crippen LogP contribution is -2.20. The van der Waals surface area contributed by atoms with Gasteiger partial charge < -0.3 is 10.4 Å². The highest BCUT2D eigenvalue weighted by Crippen LogP contribution is 2.07. The SMILES string of the molecule is CC(NCCCCO)c1ccccn1. The molecule has 0 fully saturated rings. The predicted octanol–water partition coefficient (Wildman–Crippen LogP) is 1.50. The highest BCUT2D eigenvalue weighted by molar-refractivity contribution is 5.07. The summed E-state index contributed by atoms with van der Waals surface area (Å²) >= 11 is 0. The first-order valence-electron chi connectivity index (χ1n) is 5.09. The van der Waals surface area contributed by atoms with Gasteiger partial charge in [0.25, 0.3) is 0 Å². The van der Waals surface area contributed by atoms with Gasteiger partial charge in [0.2, 0.25) is 0 Å². The van der Waals surface area contributed by atoms with Crippen LogP contribution in [0.4, 0.5) is 0 Å². The summed E-state index contributed by atoms with van der Waals surface area (Å²) in [6.07, 6.45) is 3.68. The first-order valence-corrected chi connectivity index (χ1v) is 5.09. The number of aliphatic hydroxyl groups excluding tert-OH is 1. The van der Waals surface area contributed by atoms with E-state index in [4.69, 9.17) is 5.11 Å². The highest BCUT2D eigenvalue weighted by Gasteiger charge is 2.03. The number of hydrogen-bond acceptors (Lipinski definition) is 3. The van der Waals surface area contributed by atoms with Gasteiger partial charge in [-0.1, -0.05) is 6.07 Å². The average Bonchev–Trinajstić information content (AvgIpc) is 2.25. The van der Waals surface area contributed by atoms with Crippen molar-refractivity contribution >= 4 is 0 Å². The standard InChI is InChI=1S/C11H18N2O/c1-10(12-7-4-5-9-14)11-6-2-3-8-13-11/h2-3,6,8,10,12,14H,4-5,7,9H2,1H3. The maximum atomic E-state index is 8.61. The van der Waals surface area contributed by atoms with Crippen LogP contribution in [0.5, 0.6) is 0 Å². The lowest BCUT2D eigenvalue weighted by atomic mass is 10.2. The largest absolute Gasteiger partial charge is 0.396 e. The minimum atomic E-state index is 0.277. The number of hydrogen-bond donors (Lipinski definition) is 2. The van der Waals surface area contributed by atoms with Crippen LogP contribution in [0.3, 0.4) is 0 Å². The minimum Gasteiger partial charge on any atom is -0.396 e. The molecule has 1 rings (SSSR count). The second-order valence-corrected chi connectivity index (χ2v) is 3.36. The highest BCUT2D eigenvalue weighted by atomic mass is 16.2. The van der Waals surface area contributed by atoms with Crippen LogP contribution in [0.15, 0.2) is 24.4 Å². The van der Waals surface area contributed by atoms with Gasteiger partial charge in [0.05, 0.1) is 5.69 Å². The third kappa shape index (κ3) is 3.85.